The highest BCUT2D eigenvalue weighted by Crippen LogP contribution is 2.36. The number of aryl methyl sites for hydroxylation is 1. The second-order valence-corrected chi connectivity index (χ2v) is 8.30. The van der Waals surface area contributed by atoms with Crippen LogP contribution in [0.15, 0.2) is 42.5 Å². The molecular formula is C23H17Cl2F6NO3. The first kappa shape index (κ1) is 28.4. The van der Waals surface area contributed by atoms with Gasteiger partial charge in [0.1, 0.15) is 6.54 Å². The van der Waals surface area contributed by atoms with Gasteiger partial charge in [0.25, 0.3) is 0 Å². The monoisotopic (exact) mass is 539 g/mol. The highest BCUT2D eigenvalue weighted by molar-refractivity contribution is 6.35. The first-order chi connectivity index (χ1) is 16.1. The van der Waals surface area contributed by atoms with E-state index in [9.17, 15) is 40.7 Å². The first-order valence-corrected chi connectivity index (χ1v) is 10.6. The number of nitrogens with one attached hydrogen (secondary N) is 1. The number of allylic oxidation sites excluding steroid dienone is 2. The highest BCUT2D eigenvalue weighted by Gasteiger charge is 2.36. The molecule has 0 unspecified atom stereocenters. The van der Waals surface area contributed by atoms with Crippen molar-refractivity contribution in [1.82, 2.24) is 5.32 Å². The third-order valence-electron chi connectivity index (χ3n) is 4.63. The van der Waals surface area contributed by atoms with Gasteiger partial charge in [-0.2, -0.15) is 26.3 Å². The molecule has 1 N–H and O–H groups in total. The largest absolute Gasteiger partial charge is 0.417 e. The van der Waals surface area contributed by atoms with Crippen LogP contribution < -0.4 is 5.32 Å². The molecule has 0 bridgehead atoms. The Labute approximate surface area is 205 Å². The zero-order valence-corrected chi connectivity index (χ0v) is 19.4. The predicted octanol–water partition coefficient (Wildman–Crippen LogP) is 6.77. The Morgan fingerprint density at radius 2 is 1.49 bits per heavy atom. The predicted molar refractivity (Wildman–Crippen MR) is 119 cm³/mol. The molecule has 0 aliphatic rings. The molecule has 0 radical (unpaired) electrons. The van der Waals surface area contributed by atoms with Crippen LogP contribution in [0.25, 0.3) is 5.57 Å². The maximum absolute atomic E-state index is 13.6. The second kappa shape index (κ2) is 11.3. The topological polar surface area (TPSA) is 63.2 Å². The average Bonchev–Trinajstić information content (AvgIpc) is 2.72. The van der Waals surface area contributed by atoms with Crippen molar-refractivity contribution in [3.8, 4) is 0 Å². The van der Waals surface area contributed by atoms with Crippen molar-refractivity contribution >= 4 is 46.2 Å². The van der Waals surface area contributed by atoms with Gasteiger partial charge in [0.2, 0.25) is 5.91 Å². The number of ketones is 2. The Hall–Kier alpha value is -2.85. The summed E-state index contributed by atoms with van der Waals surface area (Å²) >= 11 is 11.6. The van der Waals surface area contributed by atoms with Crippen molar-refractivity contribution in [2.45, 2.75) is 32.1 Å². The minimum Gasteiger partial charge on any atom is -0.347 e. The van der Waals surface area contributed by atoms with E-state index in [-0.39, 0.29) is 26.7 Å². The van der Waals surface area contributed by atoms with Gasteiger partial charge in [-0.3, -0.25) is 14.4 Å². The van der Waals surface area contributed by atoms with Gasteiger partial charge >= 0.3 is 12.4 Å². The fourth-order valence-corrected chi connectivity index (χ4v) is 3.56. The minimum absolute atomic E-state index is 0.0547. The molecule has 35 heavy (non-hydrogen) atoms. The van der Waals surface area contributed by atoms with Crippen molar-refractivity contribution in [1.29, 1.82) is 0 Å². The molecule has 0 saturated carbocycles. The summed E-state index contributed by atoms with van der Waals surface area (Å²) in [6, 6.07) is 6.81. The molecule has 0 saturated heterocycles. The summed E-state index contributed by atoms with van der Waals surface area (Å²) in [7, 11) is 0. The van der Waals surface area contributed by atoms with Crippen molar-refractivity contribution in [2.24, 2.45) is 0 Å². The number of carbonyl (C=O) groups is 3. The van der Waals surface area contributed by atoms with Crippen LogP contribution in [0.2, 0.25) is 10.0 Å². The highest BCUT2D eigenvalue weighted by atomic mass is 35.5. The van der Waals surface area contributed by atoms with E-state index in [1.165, 1.54) is 25.1 Å². The zero-order valence-electron chi connectivity index (χ0n) is 17.9. The number of amides is 1. The average molecular weight is 540 g/mol. The molecule has 188 valence electrons. The normalized spacial score (nSPS) is 12.4. The number of rotatable bonds is 8. The first-order valence-electron chi connectivity index (χ1n) is 9.84. The van der Waals surface area contributed by atoms with Gasteiger partial charge < -0.3 is 5.32 Å². The Morgan fingerprint density at radius 1 is 0.886 bits per heavy atom. The van der Waals surface area contributed by atoms with Crippen molar-refractivity contribution < 1.29 is 40.7 Å². The van der Waals surface area contributed by atoms with E-state index in [0.717, 1.165) is 18.2 Å². The Balaban J connectivity index is 2.21. The van der Waals surface area contributed by atoms with Gasteiger partial charge in [0, 0.05) is 34.0 Å². The lowest BCUT2D eigenvalue weighted by Gasteiger charge is -2.13. The fourth-order valence-electron chi connectivity index (χ4n) is 3.03. The smallest absolute Gasteiger partial charge is 0.347 e. The quantitative estimate of drug-likeness (QED) is 0.228. The molecular weight excluding hydrogens is 523 g/mol. The summed E-state index contributed by atoms with van der Waals surface area (Å²) < 4.78 is 77.2. The van der Waals surface area contributed by atoms with Gasteiger partial charge in [-0.25, -0.2) is 0 Å². The van der Waals surface area contributed by atoms with Crippen LogP contribution in [-0.2, 0) is 4.79 Å². The van der Waals surface area contributed by atoms with Crippen LogP contribution in [-0.4, -0.2) is 36.4 Å². The van der Waals surface area contributed by atoms with E-state index in [1.807, 2.05) is 0 Å². The molecule has 0 atom stereocenters. The summed E-state index contributed by atoms with van der Waals surface area (Å²) in [5, 5.41) is 1.53. The minimum atomic E-state index is -4.90. The van der Waals surface area contributed by atoms with Crippen molar-refractivity contribution in [3.63, 3.8) is 0 Å². The van der Waals surface area contributed by atoms with E-state index in [1.54, 1.807) is 5.32 Å². The Bertz CT molecular complexity index is 1150. The Kier molecular flexibility index (Phi) is 9.13. The van der Waals surface area contributed by atoms with E-state index >= 15 is 0 Å². The van der Waals surface area contributed by atoms with Gasteiger partial charge in [0.05, 0.1) is 5.57 Å². The molecule has 0 aliphatic carbocycles. The molecule has 0 aliphatic heterocycles. The van der Waals surface area contributed by atoms with E-state index < -0.39 is 60.3 Å². The number of benzene rings is 2. The van der Waals surface area contributed by atoms with Crippen LogP contribution in [0, 0.1) is 6.92 Å². The molecule has 1 amide bonds. The van der Waals surface area contributed by atoms with Crippen LogP contribution in [0.4, 0.5) is 26.3 Å². The van der Waals surface area contributed by atoms with E-state index in [0.29, 0.717) is 6.08 Å². The Morgan fingerprint density at radius 3 is 2.00 bits per heavy atom. The fraction of sp³-hybridized carbons (Fsp3) is 0.261. The lowest BCUT2D eigenvalue weighted by molar-refractivity contribution is -0.138. The standard InChI is InChI=1S/C23H17Cl2F6NO3/c1-12-6-13(2-3-17(12)19(33)4-5-21(35)32-11-22(26,27)28)20(34)10-18(23(29,30)31)14-7-15(24)9-16(25)8-14/h2-3,6-10H,4-5,11H2,1H3,(H,32,35). The maximum atomic E-state index is 13.6. The third kappa shape index (κ3) is 8.70. The van der Waals surface area contributed by atoms with Crippen molar-refractivity contribution in [2.75, 3.05) is 6.54 Å². The van der Waals surface area contributed by atoms with E-state index in [2.05, 4.69) is 0 Å². The zero-order chi connectivity index (χ0) is 26.6. The molecule has 2 aromatic carbocycles. The number of Topliss-reactive ketones (excluding diaryl/α,β-unsaturated/α-hetero) is 1. The van der Waals surface area contributed by atoms with Crippen LogP contribution in [0.1, 0.15) is 44.7 Å². The third-order valence-corrected chi connectivity index (χ3v) is 5.07. The van der Waals surface area contributed by atoms with Crippen LogP contribution in [0.5, 0.6) is 0 Å². The number of halogens is 8. The molecule has 0 spiro atoms. The van der Waals surface area contributed by atoms with Gasteiger partial charge in [0.15, 0.2) is 11.6 Å². The molecule has 12 heteroatoms. The maximum Gasteiger partial charge on any atom is 0.417 e. The lowest BCUT2D eigenvalue weighted by Crippen LogP contribution is -2.33. The summed E-state index contributed by atoms with van der Waals surface area (Å²) in [6.07, 6.45) is -9.98. The molecule has 0 aromatic heterocycles. The number of hydrogen-bond donors (Lipinski definition) is 1. The van der Waals surface area contributed by atoms with Crippen molar-refractivity contribution in [3.05, 3.63) is 74.8 Å². The molecule has 0 fully saturated rings. The van der Waals surface area contributed by atoms with Crippen LogP contribution >= 0.6 is 23.2 Å². The molecule has 0 heterocycles. The van der Waals surface area contributed by atoms with Gasteiger partial charge in [-0.15, -0.1) is 0 Å². The molecule has 2 aromatic rings. The van der Waals surface area contributed by atoms with Gasteiger partial charge in [-0.05, 0) is 48.4 Å². The van der Waals surface area contributed by atoms with E-state index in [4.69, 9.17) is 23.2 Å². The number of alkyl halides is 6. The SMILES string of the molecule is Cc1cc(C(=O)C=C(c2cc(Cl)cc(Cl)c2)C(F)(F)F)ccc1C(=O)CCC(=O)NCC(F)(F)F. The van der Waals surface area contributed by atoms with Gasteiger partial charge in [-0.1, -0.05) is 35.3 Å². The summed E-state index contributed by atoms with van der Waals surface area (Å²) in [6.45, 7) is -0.0937. The number of hydrogen-bond acceptors (Lipinski definition) is 3. The summed E-state index contributed by atoms with van der Waals surface area (Å²) in [5.41, 5.74) is -1.50. The number of carbonyl (C=O) groups excluding carboxylic acids is 3. The molecule has 2 rings (SSSR count). The molecule has 4 nitrogen and oxygen atoms in total. The summed E-state index contributed by atoms with van der Waals surface area (Å²) in [5.74, 6) is -2.54. The van der Waals surface area contributed by atoms with Crippen LogP contribution in [0.3, 0.4) is 0 Å². The summed E-state index contributed by atoms with van der Waals surface area (Å²) in [4.78, 5) is 36.4. The second-order valence-electron chi connectivity index (χ2n) is 7.42. The lowest BCUT2D eigenvalue weighted by atomic mass is 9.96.